The fraction of sp³-hybridized carbons (Fsp3) is 0.0714. The Morgan fingerprint density at radius 2 is 1.89 bits per heavy atom. The normalized spacial score (nSPS) is 12.7. The molecule has 2 aromatic carbocycles. The Kier molecular flexibility index (Phi) is 3.09. The van der Waals surface area contributed by atoms with Gasteiger partial charge >= 0.3 is 0 Å². The summed E-state index contributed by atoms with van der Waals surface area (Å²) in [6, 6.07) is 10.6. The molecule has 0 aromatic heterocycles. The van der Waals surface area contributed by atoms with Crippen LogP contribution < -0.4 is 9.47 Å². The van der Waals surface area contributed by atoms with Crippen LogP contribution in [0.15, 0.2) is 41.4 Å². The average molecular weight is 294 g/mol. The minimum absolute atomic E-state index is 0.374. The Bertz CT molecular complexity index is 683. The summed E-state index contributed by atoms with van der Waals surface area (Å²) in [6.07, 6.45) is 0. The lowest BCUT2D eigenvalue weighted by Crippen LogP contribution is -1.94. The summed E-state index contributed by atoms with van der Waals surface area (Å²) in [5.41, 5.74) is 1.36. The van der Waals surface area contributed by atoms with Crippen LogP contribution in [-0.4, -0.2) is 12.3 Å². The molecule has 3 rings (SSSR count). The van der Waals surface area contributed by atoms with Crippen LogP contribution in [0.4, 0.5) is 5.69 Å². The maximum atomic E-state index is 6.21. The molecule has 19 heavy (non-hydrogen) atoms. The fourth-order valence-corrected chi connectivity index (χ4v) is 2.24. The maximum absolute atomic E-state index is 6.21. The van der Waals surface area contributed by atoms with Gasteiger partial charge in [-0.25, -0.2) is 4.99 Å². The molecule has 0 saturated carbocycles. The molecule has 1 aliphatic heterocycles. The van der Waals surface area contributed by atoms with E-state index in [9.17, 15) is 0 Å². The highest BCUT2D eigenvalue weighted by molar-refractivity contribution is 6.70. The van der Waals surface area contributed by atoms with Gasteiger partial charge in [-0.3, -0.25) is 0 Å². The summed E-state index contributed by atoms with van der Waals surface area (Å²) < 4.78 is 11.0. The van der Waals surface area contributed by atoms with E-state index >= 15 is 0 Å². The molecule has 0 saturated heterocycles. The van der Waals surface area contributed by atoms with Crippen molar-refractivity contribution < 1.29 is 9.47 Å². The molecule has 0 bridgehead atoms. The number of aliphatic imine (C=N–C) groups is 1. The van der Waals surface area contributed by atoms with E-state index in [1.165, 1.54) is 0 Å². The summed E-state index contributed by atoms with van der Waals surface area (Å²) in [6.45, 7) is 0. The van der Waals surface area contributed by atoms with Crippen LogP contribution in [0.5, 0.6) is 17.2 Å². The van der Waals surface area contributed by atoms with Crippen LogP contribution >= 0.6 is 23.2 Å². The first kappa shape index (κ1) is 12.3. The van der Waals surface area contributed by atoms with Crippen molar-refractivity contribution in [1.82, 2.24) is 0 Å². The standard InChI is InChI=1S/C14H9Cl2NO2/c1-18-9-3-4-10-12(7-9)19-13-6-8(15)2-5-11(13)17-14(10)16/h2-7H,1H3. The van der Waals surface area contributed by atoms with E-state index in [2.05, 4.69) is 4.99 Å². The van der Waals surface area contributed by atoms with Crippen molar-refractivity contribution in [2.24, 2.45) is 4.99 Å². The summed E-state index contributed by atoms with van der Waals surface area (Å²) in [4.78, 5) is 4.34. The van der Waals surface area contributed by atoms with Crippen molar-refractivity contribution in [2.45, 2.75) is 0 Å². The molecular formula is C14H9Cl2NO2. The molecule has 1 aliphatic rings. The van der Waals surface area contributed by atoms with E-state index in [4.69, 9.17) is 32.7 Å². The Morgan fingerprint density at radius 3 is 2.68 bits per heavy atom. The molecule has 0 amide bonds. The Balaban J connectivity index is 2.19. The second-order valence-corrected chi connectivity index (χ2v) is 4.77. The highest BCUT2D eigenvalue weighted by Gasteiger charge is 2.17. The van der Waals surface area contributed by atoms with E-state index in [0.29, 0.717) is 33.1 Å². The number of methoxy groups -OCH3 is 1. The van der Waals surface area contributed by atoms with Crippen molar-refractivity contribution in [3.8, 4) is 17.2 Å². The highest BCUT2D eigenvalue weighted by Crippen LogP contribution is 2.40. The fourth-order valence-electron chi connectivity index (χ4n) is 1.83. The van der Waals surface area contributed by atoms with E-state index in [-0.39, 0.29) is 0 Å². The molecule has 0 fully saturated rings. The third-order valence-corrected chi connectivity index (χ3v) is 3.29. The van der Waals surface area contributed by atoms with Crippen LogP contribution in [0, 0.1) is 0 Å². The van der Waals surface area contributed by atoms with Gasteiger partial charge in [-0.2, -0.15) is 0 Å². The third-order valence-electron chi connectivity index (χ3n) is 2.77. The minimum atomic E-state index is 0.374. The molecule has 0 N–H and O–H groups in total. The Morgan fingerprint density at radius 1 is 1.05 bits per heavy atom. The monoisotopic (exact) mass is 293 g/mol. The van der Waals surface area contributed by atoms with Gasteiger partial charge in [-0.1, -0.05) is 23.2 Å². The maximum Gasteiger partial charge on any atom is 0.154 e. The predicted octanol–water partition coefficient (Wildman–Crippen LogP) is 4.77. The van der Waals surface area contributed by atoms with Crippen LogP contribution in [0.25, 0.3) is 0 Å². The molecule has 0 spiro atoms. The van der Waals surface area contributed by atoms with Crippen LogP contribution in [0.2, 0.25) is 5.02 Å². The molecule has 96 valence electrons. The number of rotatable bonds is 1. The SMILES string of the molecule is COc1ccc2c(c1)Oc1cc(Cl)ccc1N=C2Cl. The van der Waals surface area contributed by atoms with Gasteiger partial charge in [0.25, 0.3) is 0 Å². The first-order chi connectivity index (χ1) is 9.17. The molecule has 1 heterocycles. The first-order valence-electron chi connectivity index (χ1n) is 5.57. The second-order valence-electron chi connectivity index (χ2n) is 3.98. The summed E-state index contributed by atoms with van der Waals surface area (Å²) in [5.74, 6) is 1.85. The molecule has 5 heteroatoms. The van der Waals surface area contributed by atoms with Gasteiger partial charge < -0.3 is 9.47 Å². The molecule has 0 unspecified atom stereocenters. The Hall–Kier alpha value is -1.71. The van der Waals surface area contributed by atoms with E-state index in [0.717, 1.165) is 5.56 Å². The Labute approximate surface area is 120 Å². The number of hydrogen-bond acceptors (Lipinski definition) is 3. The molecule has 2 aromatic rings. The number of ether oxygens (including phenoxy) is 2. The van der Waals surface area contributed by atoms with Crippen molar-refractivity contribution in [3.05, 3.63) is 47.0 Å². The van der Waals surface area contributed by atoms with Gasteiger partial charge in [0.1, 0.15) is 22.4 Å². The van der Waals surface area contributed by atoms with E-state index in [1.54, 1.807) is 31.4 Å². The smallest absolute Gasteiger partial charge is 0.154 e. The van der Waals surface area contributed by atoms with Gasteiger partial charge in [0.15, 0.2) is 5.75 Å². The minimum Gasteiger partial charge on any atom is -0.497 e. The topological polar surface area (TPSA) is 30.8 Å². The first-order valence-corrected chi connectivity index (χ1v) is 6.33. The van der Waals surface area contributed by atoms with Crippen molar-refractivity contribution in [1.29, 1.82) is 0 Å². The van der Waals surface area contributed by atoms with Gasteiger partial charge in [0.05, 0.1) is 12.7 Å². The molecule has 0 atom stereocenters. The van der Waals surface area contributed by atoms with Crippen molar-refractivity contribution in [3.63, 3.8) is 0 Å². The summed E-state index contributed by atoms with van der Waals surface area (Å²) in [5, 5.41) is 0.954. The molecule has 3 nitrogen and oxygen atoms in total. The lowest BCUT2D eigenvalue weighted by Gasteiger charge is -2.09. The van der Waals surface area contributed by atoms with Gasteiger partial charge in [0.2, 0.25) is 0 Å². The number of nitrogens with zero attached hydrogens (tertiary/aromatic N) is 1. The lowest BCUT2D eigenvalue weighted by atomic mass is 10.2. The lowest BCUT2D eigenvalue weighted by molar-refractivity contribution is 0.409. The number of fused-ring (bicyclic) bond motifs is 2. The van der Waals surface area contributed by atoms with Crippen LogP contribution in [0.3, 0.4) is 0 Å². The van der Waals surface area contributed by atoms with E-state index < -0.39 is 0 Å². The summed E-state index contributed by atoms with van der Waals surface area (Å²) in [7, 11) is 1.60. The number of halogens is 2. The van der Waals surface area contributed by atoms with Gasteiger partial charge in [-0.05, 0) is 24.3 Å². The van der Waals surface area contributed by atoms with Crippen LogP contribution in [0.1, 0.15) is 5.56 Å². The third kappa shape index (κ3) is 2.27. The predicted molar refractivity (Wildman–Crippen MR) is 76.6 cm³/mol. The number of benzene rings is 2. The second kappa shape index (κ2) is 4.76. The zero-order valence-corrected chi connectivity index (χ0v) is 11.5. The molecule has 0 radical (unpaired) electrons. The molecular weight excluding hydrogens is 285 g/mol. The molecule has 0 aliphatic carbocycles. The summed E-state index contributed by atoms with van der Waals surface area (Å²) >= 11 is 12.2. The van der Waals surface area contributed by atoms with E-state index in [1.807, 2.05) is 12.1 Å². The number of hydrogen-bond donors (Lipinski definition) is 0. The quantitative estimate of drug-likeness (QED) is 0.758. The zero-order chi connectivity index (χ0) is 13.4. The average Bonchev–Trinajstić information content (AvgIpc) is 2.54. The van der Waals surface area contributed by atoms with Crippen LogP contribution in [-0.2, 0) is 0 Å². The van der Waals surface area contributed by atoms with Crippen molar-refractivity contribution >= 4 is 34.1 Å². The highest BCUT2D eigenvalue weighted by atomic mass is 35.5. The zero-order valence-electron chi connectivity index (χ0n) is 9.98. The van der Waals surface area contributed by atoms with Gasteiger partial charge in [-0.15, -0.1) is 0 Å². The van der Waals surface area contributed by atoms with Crippen molar-refractivity contribution in [2.75, 3.05) is 7.11 Å². The largest absolute Gasteiger partial charge is 0.497 e. The van der Waals surface area contributed by atoms with Gasteiger partial charge in [0, 0.05) is 17.2 Å².